The molecule has 0 N–H and O–H groups in total. The highest BCUT2D eigenvalue weighted by Gasteiger charge is 2.29. The maximum atomic E-state index is 11.4. The van der Waals surface area contributed by atoms with Crippen molar-refractivity contribution in [2.45, 2.75) is 19.8 Å². The van der Waals surface area contributed by atoms with Gasteiger partial charge in [-0.25, -0.2) is 0 Å². The second-order valence-electron chi connectivity index (χ2n) is 4.69. The molecule has 3 rings (SSSR count). The van der Waals surface area contributed by atoms with E-state index in [-0.39, 0.29) is 5.92 Å². The molecule has 0 aliphatic heterocycles. The van der Waals surface area contributed by atoms with Crippen molar-refractivity contribution in [3.05, 3.63) is 58.7 Å². The fraction of sp³-hybridized carbons (Fsp3) is 0.188. The van der Waals surface area contributed by atoms with Gasteiger partial charge in [0.15, 0.2) is 0 Å². The van der Waals surface area contributed by atoms with Crippen LogP contribution in [0.5, 0.6) is 0 Å². The van der Waals surface area contributed by atoms with Crippen LogP contribution in [0.4, 0.5) is 0 Å². The first-order chi connectivity index (χ1) is 8.24. The monoisotopic (exact) mass is 222 g/mol. The molecule has 1 nitrogen and oxygen atoms in total. The zero-order valence-corrected chi connectivity index (χ0v) is 10.0. The van der Waals surface area contributed by atoms with Gasteiger partial charge in [-0.05, 0) is 47.2 Å². The molecular weight excluding hydrogens is 208 g/mol. The number of fused-ring (bicyclic) bond motifs is 3. The van der Waals surface area contributed by atoms with Crippen molar-refractivity contribution in [2.24, 2.45) is 0 Å². The zero-order chi connectivity index (χ0) is 12.0. The molecule has 0 spiro atoms. The summed E-state index contributed by atoms with van der Waals surface area (Å²) in [5, 5.41) is 0. The largest absolute Gasteiger partial charge is 0.302 e. The quantitative estimate of drug-likeness (QED) is 0.673. The van der Waals surface area contributed by atoms with Crippen molar-refractivity contribution >= 4 is 6.29 Å². The summed E-state index contributed by atoms with van der Waals surface area (Å²) in [6, 6.07) is 12.4. The van der Waals surface area contributed by atoms with Gasteiger partial charge in [-0.15, -0.1) is 0 Å². The minimum atomic E-state index is -0.0835. The van der Waals surface area contributed by atoms with E-state index in [1.54, 1.807) is 0 Å². The molecule has 0 amide bonds. The molecule has 2 aromatic carbocycles. The summed E-state index contributed by atoms with van der Waals surface area (Å²) >= 11 is 0. The Balaban J connectivity index is 2.43. The Morgan fingerprint density at radius 2 is 1.35 bits per heavy atom. The van der Waals surface area contributed by atoms with Gasteiger partial charge in [-0.3, -0.25) is 0 Å². The number of carbonyl (C=O) groups excluding carboxylic acids is 1. The van der Waals surface area contributed by atoms with E-state index in [0.29, 0.717) is 0 Å². The first-order valence-electron chi connectivity index (χ1n) is 5.88. The Labute approximate surface area is 101 Å². The van der Waals surface area contributed by atoms with Crippen LogP contribution in [0, 0.1) is 13.8 Å². The third kappa shape index (κ3) is 1.29. The van der Waals surface area contributed by atoms with Crippen LogP contribution in [0.25, 0.3) is 11.1 Å². The summed E-state index contributed by atoms with van der Waals surface area (Å²) in [7, 11) is 0. The molecule has 0 unspecified atom stereocenters. The number of aldehydes is 1. The summed E-state index contributed by atoms with van der Waals surface area (Å²) in [6.45, 7) is 4.23. The fourth-order valence-electron chi connectivity index (χ4n) is 2.90. The van der Waals surface area contributed by atoms with E-state index in [2.05, 4.69) is 38.1 Å². The van der Waals surface area contributed by atoms with E-state index in [4.69, 9.17) is 0 Å². The predicted octanol–water partition coefficient (Wildman–Crippen LogP) is 3.61. The van der Waals surface area contributed by atoms with Gasteiger partial charge in [0.1, 0.15) is 6.29 Å². The molecule has 1 aliphatic carbocycles. The van der Waals surface area contributed by atoms with Gasteiger partial charge in [0.2, 0.25) is 0 Å². The van der Waals surface area contributed by atoms with Crippen LogP contribution < -0.4 is 0 Å². The zero-order valence-electron chi connectivity index (χ0n) is 10.0. The van der Waals surface area contributed by atoms with Crippen molar-refractivity contribution in [3.63, 3.8) is 0 Å². The third-order valence-electron chi connectivity index (χ3n) is 3.67. The summed E-state index contributed by atoms with van der Waals surface area (Å²) in [6.07, 6.45) is 1.06. The van der Waals surface area contributed by atoms with Crippen LogP contribution in [0.15, 0.2) is 36.4 Å². The van der Waals surface area contributed by atoms with Crippen LogP contribution >= 0.6 is 0 Å². The van der Waals surface area contributed by atoms with Crippen LogP contribution in [0.3, 0.4) is 0 Å². The standard InChI is InChI=1S/C16H14O/c1-10-5-3-7-12-14(9-17)13-8-4-6-11(2)16(13)15(10)12/h3-9,14H,1-2H3. The lowest BCUT2D eigenvalue weighted by molar-refractivity contribution is -0.108. The van der Waals surface area contributed by atoms with Crippen LogP contribution in [0.1, 0.15) is 28.2 Å². The minimum Gasteiger partial charge on any atom is -0.302 e. The summed E-state index contributed by atoms with van der Waals surface area (Å²) in [5.74, 6) is -0.0835. The van der Waals surface area contributed by atoms with E-state index >= 15 is 0 Å². The molecule has 2 aromatic rings. The van der Waals surface area contributed by atoms with Crippen molar-refractivity contribution in [1.29, 1.82) is 0 Å². The summed E-state index contributed by atoms with van der Waals surface area (Å²) in [4.78, 5) is 11.4. The van der Waals surface area contributed by atoms with Crippen molar-refractivity contribution in [2.75, 3.05) is 0 Å². The Hall–Kier alpha value is -1.89. The first-order valence-corrected chi connectivity index (χ1v) is 5.88. The van der Waals surface area contributed by atoms with E-state index in [1.165, 1.54) is 22.3 Å². The average molecular weight is 222 g/mol. The number of hydrogen-bond donors (Lipinski definition) is 0. The lowest BCUT2D eigenvalue weighted by atomic mass is 9.97. The summed E-state index contributed by atoms with van der Waals surface area (Å²) in [5.41, 5.74) is 7.34. The third-order valence-corrected chi connectivity index (χ3v) is 3.67. The number of benzene rings is 2. The smallest absolute Gasteiger partial charge is 0.131 e. The molecular formula is C16H14O. The lowest BCUT2D eigenvalue weighted by Gasteiger charge is -2.07. The van der Waals surface area contributed by atoms with E-state index < -0.39 is 0 Å². The molecule has 0 radical (unpaired) electrons. The van der Waals surface area contributed by atoms with Gasteiger partial charge < -0.3 is 4.79 Å². The highest BCUT2D eigenvalue weighted by atomic mass is 16.1. The van der Waals surface area contributed by atoms with Crippen molar-refractivity contribution in [1.82, 2.24) is 0 Å². The number of aryl methyl sites for hydroxylation is 2. The normalized spacial score (nSPS) is 13.3. The van der Waals surface area contributed by atoms with Gasteiger partial charge >= 0.3 is 0 Å². The Morgan fingerprint density at radius 1 is 0.882 bits per heavy atom. The maximum absolute atomic E-state index is 11.4. The predicted molar refractivity (Wildman–Crippen MR) is 69.3 cm³/mol. The molecule has 0 aromatic heterocycles. The minimum absolute atomic E-state index is 0.0835. The molecule has 17 heavy (non-hydrogen) atoms. The van der Waals surface area contributed by atoms with Gasteiger partial charge in [0.05, 0.1) is 5.92 Å². The topological polar surface area (TPSA) is 17.1 Å². The van der Waals surface area contributed by atoms with E-state index in [0.717, 1.165) is 17.4 Å². The number of hydrogen-bond acceptors (Lipinski definition) is 1. The number of rotatable bonds is 1. The lowest BCUT2D eigenvalue weighted by Crippen LogP contribution is -1.97. The highest BCUT2D eigenvalue weighted by molar-refractivity contribution is 5.90. The molecule has 0 saturated carbocycles. The number of carbonyl (C=O) groups is 1. The summed E-state index contributed by atoms with van der Waals surface area (Å²) < 4.78 is 0. The van der Waals surface area contributed by atoms with Crippen molar-refractivity contribution < 1.29 is 4.79 Å². The van der Waals surface area contributed by atoms with Crippen LogP contribution in [0.2, 0.25) is 0 Å². The molecule has 1 heteroatoms. The Morgan fingerprint density at radius 3 is 1.76 bits per heavy atom. The average Bonchev–Trinajstić information content (AvgIpc) is 2.65. The van der Waals surface area contributed by atoms with Gasteiger partial charge in [0.25, 0.3) is 0 Å². The van der Waals surface area contributed by atoms with Gasteiger partial charge in [-0.2, -0.15) is 0 Å². The van der Waals surface area contributed by atoms with Crippen LogP contribution in [-0.4, -0.2) is 6.29 Å². The molecule has 0 atom stereocenters. The first kappa shape index (κ1) is 10.3. The van der Waals surface area contributed by atoms with E-state index in [1.807, 2.05) is 12.1 Å². The molecule has 0 saturated heterocycles. The molecule has 0 heterocycles. The molecule has 0 fully saturated rings. The van der Waals surface area contributed by atoms with E-state index in [9.17, 15) is 4.79 Å². The maximum Gasteiger partial charge on any atom is 0.131 e. The second kappa shape index (κ2) is 3.56. The van der Waals surface area contributed by atoms with Crippen LogP contribution in [-0.2, 0) is 4.79 Å². The highest BCUT2D eigenvalue weighted by Crippen LogP contribution is 2.46. The van der Waals surface area contributed by atoms with Gasteiger partial charge in [0, 0.05) is 0 Å². The molecule has 0 bridgehead atoms. The SMILES string of the molecule is Cc1cccc2c1-c1c(C)cccc1C2C=O. The second-order valence-corrected chi connectivity index (χ2v) is 4.69. The molecule has 84 valence electrons. The fourth-order valence-corrected chi connectivity index (χ4v) is 2.90. The Kier molecular flexibility index (Phi) is 2.15. The van der Waals surface area contributed by atoms with Gasteiger partial charge in [-0.1, -0.05) is 36.4 Å². The molecule has 1 aliphatic rings. The van der Waals surface area contributed by atoms with Crippen molar-refractivity contribution in [3.8, 4) is 11.1 Å². The Bertz CT molecular complexity index is 559.